The van der Waals surface area contributed by atoms with Gasteiger partial charge in [0.1, 0.15) is 5.82 Å². The molecule has 0 fully saturated rings. The smallest absolute Gasteiger partial charge is 0.255 e. The standard InChI is InChI=1S/C15H13Cl2FN2O/c1-20(8-9-6-11(19)3-5-13(9)16)15(21)12-4-2-10(18)7-14(12)17/h2-7H,8,19H2,1H3. The third-order valence-electron chi connectivity index (χ3n) is 2.99. The van der Waals surface area contributed by atoms with Gasteiger partial charge in [-0.05, 0) is 42.0 Å². The Hall–Kier alpha value is -1.78. The maximum Gasteiger partial charge on any atom is 0.255 e. The Morgan fingerprint density at radius 2 is 1.90 bits per heavy atom. The molecule has 1 amide bonds. The minimum absolute atomic E-state index is 0.0746. The Morgan fingerprint density at radius 3 is 2.57 bits per heavy atom. The monoisotopic (exact) mass is 326 g/mol. The van der Waals surface area contributed by atoms with Crippen molar-refractivity contribution >= 4 is 34.8 Å². The average molecular weight is 327 g/mol. The van der Waals surface area contributed by atoms with Gasteiger partial charge >= 0.3 is 0 Å². The summed E-state index contributed by atoms with van der Waals surface area (Å²) in [5, 5.41) is 0.597. The second-order valence-corrected chi connectivity index (χ2v) is 5.45. The fraction of sp³-hybridized carbons (Fsp3) is 0.133. The Kier molecular flexibility index (Phi) is 4.70. The first-order valence-corrected chi connectivity index (χ1v) is 6.88. The van der Waals surface area contributed by atoms with E-state index in [1.807, 2.05) is 0 Å². The van der Waals surface area contributed by atoms with Crippen molar-refractivity contribution in [1.29, 1.82) is 0 Å². The number of hydrogen-bond donors (Lipinski definition) is 1. The highest BCUT2D eigenvalue weighted by atomic mass is 35.5. The van der Waals surface area contributed by atoms with Gasteiger partial charge < -0.3 is 10.6 Å². The minimum atomic E-state index is -0.488. The number of nitrogens with zero attached hydrogens (tertiary/aromatic N) is 1. The summed E-state index contributed by atoms with van der Waals surface area (Å²) in [6.07, 6.45) is 0. The van der Waals surface area contributed by atoms with E-state index in [0.29, 0.717) is 10.7 Å². The molecule has 0 aliphatic carbocycles. The zero-order valence-electron chi connectivity index (χ0n) is 11.2. The molecular formula is C15H13Cl2FN2O. The van der Waals surface area contributed by atoms with Crippen molar-refractivity contribution in [3.05, 3.63) is 63.4 Å². The molecule has 0 saturated carbocycles. The van der Waals surface area contributed by atoms with Gasteiger partial charge in [-0.3, -0.25) is 4.79 Å². The van der Waals surface area contributed by atoms with E-state index < -0.39 is 5.82 Å². The summed E-state index contributed by atoms with van der Waals surface area (Å²) < 4.78 is 13.0. The highest BCUT2D eigenvalue weighted by Gasteiger charge is 2.17. The molecule has 21 heavy (non-hydrogen) atoms. The van der Waals surface area contributed by atoms with Gasteiger partial charge in [0.15, 0.2) is 0 Å². The molecule has 6 heteroatoms. The number of anilines is 1. The van der Waals surface area contributed by atoms with Crippen LogP contribution in [0.15, 0.2) is 36.4 Å². The van der Waals surface area contributed by atoms with E-state index in [9.17, 15) is 9.18 Å². The van der Waals surface area contributed by atoms with Gasteiger partial charge in [-0.2, -0.15) is 0 Å². The van der Waals surface area contributed by atoms with Crippen LogP contribution in [0.25, 0.3) is 0 Å². The molecule has 0 unspecified atom stereocenters. The fourth-order valence-corrected chi connectivity index (χ4v) is 2.34. The number of carbonyl (C=O) groups excluding carboxylic acids is 1. The van der Waals surface area contributed by atoms with Crippen LogP contribution < -0.4 is 5.73 Å². The molecule has 2 rings (SSSR count). The molecule has 0 radical (unpaired) electrons. The SMILES string of the molecule is CN(Cc1cc(N)ccc1Cl)C(=O)c1ccc(F)cc1Cl. The Balaban J connectivity index is 2.21. The van der Waals surface area contributed by atoms with Crippen molar-refractivity contribution in [3.63, 3.8) is 0 Å². The van der Waals surface area contributed by atoms with Crippen LogP contribution in [0.3, 0.4) is 0 Å². The number of amides is 1. The summed E-state index contributed by atoms with van der Waals surface area (Å²) in [6.45, 7) is 0.274. The van der Waals surface area contributed by atoms with Gasteiger partial charge in [0.25, 0.3) is 5.91 Å². The van der Waals surface area contributed by atoms with Crippen molar-refractivity contribution in [2.24, 2.45) is 0 Å². The van der Waals surface area contributed by atoms with Crippen LogP contribution >= 0.6 is 23.2 Å². The van der Waals surface area contributed by atoms with Crippen LogP contribution in [0.1, 0.15) is 15.9 Å². The van der Waals surface area contributed by atoms with E-state index in [4.69, 9.17) is 28.9 Å². The number of rotatable bonds is 3. The first-order chi connectivity index (χ1) is 9.88. The van der Waals surface area contributed by atoms with E-state index >= 15 is 0 Å². The van der Waals surface area contributed by atoms with Gasteiger partial charge in [-0.1, -0.05) is 23.2 Å². The number of nitrogen functional groups attached to an aromatic ring is 1. The molecule has 0 aromatic heterocycles. The van der Waals surface area contributed by atoms with Crippen LogP contribution in [0.2, 0.25) is 10.0 Å². The average Bonchev–Trinajstić information content (AvgIpc) is 2.42. The molecule has 0 aliphatic heterocycles. The van der Waals surface area contributed by atoms with Crippen LogP contribution in [-0.2, 0) is 6.54 Å². The van der Waals surface area contributed by atoms with Gasteiger partial charge in [0.2, 0.25) is 0 Å². The number of benzene rings is 2. The van der Waals surface area contributed by atoms with Crippen molar-refractivity contribution in [1.82, 2.24) is 4.90 Å². The van der Waals surface area contributed by atoms with Crippen LogP contribution in [0, 0.1) is 5.82 Å². The summed E-state index contributed by atoms with van der Waals surface area (Å²) in [6, 6.07) is 8.73. The van der Waals surface area contributed by atoms with Crippen LogP contribution in [-0.4, -0.2) is 17.9 Å². The fourth-order valence-electron chi connectivity index (χ4n) is 1.91. The van der Waals surface area contributed by atoms with Crippen molar-refractivity contribution in [2.75, 3.05) is 12.8 Å². The molecule has 2 aromatic carbocycles. The predicted octanol–water partition coefficient (Wildman–Crippen LogP) is 3.99. The lowest BCUT2D eigenvalue weighted by atomic mass is 10.1. The summed E-state index contributed by atoms with van der Waals surface area (Å²) in [7, 11) is 1.61. The van der Waals surface area contributed by atoms with Crippen molar-refractivity contribution in [2.45, 2.75) is 6.54 Å². The molecule has 0 aliphatic rings. The van der Waals surface area contributed by atoms with E-state index in [-0.39, 0.29) is 23.0 Å². The molecule has 110 valence electrons. The van der Waals surface area contributed by atoms with Gasteiger partial charge in [-0.15, -0.1) is 0 Å². The third kappa shape index (κ3) is 3.65. The predicted molar refractivity (Wildman–Crippen MR) is 83.1 cm³/mol. The highest BCUT2D eigenvalue weighted by Crippen LogP contribution is 2.23. The second-order valence-electron chi connectivity index (χ2n) is 4.64. The van der Waals surface area contributed by atoms with Gasteiger partial charge in [0, 0.05) is 24.3 Å². The summed E-state index contributed by atoms with van der Waals surface area (Å²) >= 11 is 12.0. The Labute approximate surface area is 132 Å². The zero-order chi connectivity index (χ0) is 15.6. The molecule has 2 N–H and O–H groups in total. The highest BCUT2D eigenvalue weighted by molar-refractivity contribution is 6.33. The quantitative estimate of drug-likeness (QED) is 0.867. The summed E-state index contributed by atoms with van der Waals surface area (Å²) in [5.41, 5.74) is 7.24. The maximum atomic E-state index is 13.0. The molecule has 0 saturated heterocycles. The molecule has 0 atom stereocenters. The normalized spacial score (nSPS) is 10.5. The topological polar surface area (TPSA) is 46.3 Å². The van der Waals surface area contributed by atoms with E-state index in [0.717, 1.165) is 11.6 Å². The summed E-state index contributed by atoms with van der Waals surface area (Å²) in [4.78, 5) is 13.8. The number of carbonyl (C=O) groups is 1. The zero-order valence-corrected chi connectivity index (χ0v) is 12.7. The summed E-state index contributed by atoms with van der Waals surface area (Å²) in [5.74, 6) is -0.809. The van der Waals surface area contributed by atoms with E-state index in [1.165, 1.54) is 17.0 Å². The van der Waals surface area contributed by atoms with Crippen molar-refractivity contribution in [3.8, 4) is 0 Å². The number of nitrogens with two attached hydrogens (primary N) is 1. The first kappa shape index (κ1) is 15.6. The second kappa shape index (κ2) is 6.33. The van der Waals surface area contributed by atoms with Gasteiger partial charge in [-0.25, -0.2) is 4.39 Å². The van der Waals surface area contributed by atoms with Crippen molar-refractivity contribution < 1.29 is 9.18 Å². The number of hydrogen-bond acceptors (Lipinski definition) is 2. The first-order valence-electron chi connectivity index (χ1n) is 6.13. The van der Waals surface area contributed by atoms with Crippen LogP contribution in [0.4, 0.5) is 10.1 Å². The molecule has 0 spiro atoms. The van der Waals surface area contributed by atoms with E-state index in [1.54, 1.807) is 25.2 Å². The lowest BCUT2D eigenvalue weighted by Gasteiger charge is -2.19. The Morgan fingerprint density at radius 1 is 1.19 bits per heavy atom. The molecular weight excluding hydrogens is 314 g/mol. The number of halogens is 3. The molecule has 3 nitrogen and oxygen atoms in total. The third-order valence-corrected chi connectivity index (χ3v) is 3.67. The maximum absolute atomic E-state index is 13.0. The molecule has 0 bridgehead atoms. The minimum Gasteiger partial charge on any atom is -0.399 e. The largest absolute Gasteiger partial charge is 0.399 e. The molecule has 0 heterocycles. The van der Waals surface area contributed by atoms with E-state index in [2.05, 4.69) is 0 Å². The van der Waals surface area contributed by atoms with Gasteiger partial charge in [0.05, 0.1) is 10.6 Å². The molecule has 2 aromatic rings. The lowest BCUT2D eigenvalue weighted by molar-refractivity contribution is 0.0785. The lowest BCUT2D eigenvalue weighted by Crippen LogP contribution is -2.26. The van der Waals surface area contributed by atoms with Crippen LogP contribution in [0.5, 0.6) is 0 Å². The Bertz CT molecular complexity index is 691.